The zero-order chi connectivity index (χ0) is 12.1. The first-order valence-corrected chi connectivity index (χ1v) is 5.18. The molecule has 16 heavy (non-hydrogen) atoms. The first-order chi connectivity index (χ1) is 7.50. The van der Waals surface area contributed by atoms with Gasteiger partial charge in [-0.1, -0.05) is 12.2 Å². The summed E-state index contributed by atoms with van der Waals surface area (Å²) in [6.45, 7) is 3.26. The third kappa shape index (κ3) is 3.42. The van der Waals surface area contributed by atoms with Crippen LogP contribution in [0.4, 0.5) is 0 Å². The van der Waals surface area contributed by atoms with Gasteiger partial charge in [0.15, 0.2) is 5.78 Å². The summed E-state index contributed by atoms with van der Waals surface area (Å²) < 4.78 is 0. The molecule has 0 unspecified atom stereocenters. The van der Waals surface area contributed by atoms with Gasteiger partial charge in [0.1, 0.15) is 0 Å². The molecule has 0 radical (unpaired) electrons. The van der Waals surface area contributed by atoms with E-state index >= 15 is 0 Å². The van der Waals surface area contributed by atoms with Crippen LogP contribution in [0.1, 0.15) is 26.7 Å². The highest BCUT2D eigenvalue weighted by atomic mass is 16.3. The van der Waals surface area contributed by atoms with Crippen molar-refractivity contribution in [2.24, 2.45) is 0 Å². The number of carbonyl (C=O) groups is 1. The quantitative estimate of drug-likeness (QED) is 0.436. The van der Waals surface area contributed by atoms with Crippen LogP contribution in [0, 0.1) is 0 Å². The van der Waals surface area contributed by atoms with Crippen molar-refractivity contribution in [3.63, 3.8) is 0 Å². The maximum atomic E-state index is 11.9. The van der Waals surface area contributed by atoms with Crippen molar-refractivity contribution < 1.29 is 15.0 Å². The van der Waals surface area contributed by atoms with Crippen molar-refractivity contribution in [3.05, 3.63) is 47.0 Å². The summed E-state index contributed by atoms with van der Waals surface area (Å²) in [6.07, 6.45) is 7.36. The summed E-state index contributed by atoms with van der Waals surface area (Å²) >= 11 is 0. The number of carbonyl (C=O) groups excluding carboxylic acids is 1. The molecular formula is C13H16O3. The van der Waals surface area contributed by atoms with Crippen molar-refractivity contribution in [2.75, 3.05) is 0 Å². The molecule has 0 aromatic rings. The predicted octanol–water partition coefficient (Wildman–Crippen LogP) is 3.13. The minimum Gasteiger partial charge on any atom is -0.513 e. The second kappa shape index (κ2) is 5.35. The van der Waals surface area contributed by atoms with Crippen LogP contribution in [0.3, 0.4) is 0 Å². The minimum absolute atomic E-state index is 0.0405. The largest absolute Gasteiger partial charge is 0.513 e. The van der Waals surface area contributed by atoms with Gasteiger partial charge in [0, 0.05) is 12.0 Å². The molecule has 0 atom stereocenters. The number of hydrogen-bond acceptors (Lipinski definition) is 3. The average molecular weight is 220 g/mol. The second-order valence-corrected chi connectivity index (χ2v) is 3.84. The zero-order valence-corrected chi connectivity index (χ0v) is 9.53. The molecule has 0 bridgehead atoms. The molecule has 0 heterocycles. The smallest absolute Gasteiger partial charge is 0.184 e. The van der Waals surface area contributed by atoms with E-state index in [1.807, 2.05) is 0 Å². The van der Waals surface area contributed by atoms with Crippen molar-refractivity contribution in [1.29, 1.82) is 0 Å². The van der Waals surface area contributed by atoms with Crippen LogP contribution < -0.4 is 0 Å². The number of Topliss-reactive ketones (excluding diaryl/α,β-unsaturated/α-hetero) is 1. The first-order valence-electron chi connectivity index (χ1n) is 5.18. The molecule has 1 aliphatic carbocycles. The standard InChI is InChI=1S/C13H16O3/c1-9(3-4-10(2)14)13(16)11-5-7-12(15)8-6-11/h3-5,7,14-15H,6,8H2,1-2H3/b9-3+,10-4+. The Balaban J connectivity index is 2.80. The lowest BCUT2D eigenvalue weighted by atomic mass is 9.96. The monoisotopic (exact) mass is 220 g/mol. The van der Waals surface area contributed by atoms with E-state index in [1.165, 1.54) is 6.08 Å². The van der Waals surface area contributed by atoms with Crippen LogP contribution in [0.2, 0.25) is 0 Å². The van der Waals surface area contributed by atoms with Crippen LogP contribution in [0.5, 0.6) is 0 Å². The fraction of sp³-hybridized carbons (Fsp3) is 0.308. The Morgan fingerprint density at radius 3 is 2.44 bits per heavy atom. The maximum absolute atomic E-state index is 11.9. The lowest BCUT2D eigenvalue weighted by molar-refractivity contribution is -0.112. The van der Waals surface area contributed by atoms with Crippen LogP contribution in [-0.2, 0) is 4.79 Å². The Labute approximate surface area is 95.1 Å². The summed E-state index contributed by atoms with van der Waals surface area (Å²) in [5.74, 6) is 0.438. The van der Waals surface area contributed by atoms with Crippen LogP contribution in [-0.4, -0.2) is 16.0 Å². The molecule has 0 saturated carbocycles. The van der Waals surface area contributed by atoms with Gasteiger partial charge in [-0.15, -0.1) is 0 Å². The van der Waals surface area contributed by atoms with Crippen LogP contribution in [0.15, 0.2) is 47.0 Å². The summed E-state index contributed by atoms with van der Waals surface area (Å²) in [5.41, 5.74) is 1.27. The van der Waals surface area contributed by atoms with Gasteiger partial charge >= 0.3 is 0 Å². The second-order valence-electron chi connectivity index (χ2n) is 3.84. The molecule has 86 valence electrons. The molecular weight excluding hydrogens is 204 g/mol. The number of aliphatic hydroxyl groups is 2. The Hall–Kier alpha value is -1.77. The molecule has 0 aromatic heterocycles. The molecule has 3 nitrogen and oxygen atoms in total. The lowest BCUT2D eigenvalue weighted by Crippen LogP contribution is -2.06. The van der Waals surface area contributed by atoms with Crippen LogP contribution in [0.25, 0.3) is 0 Å². The van der Waals surface area contributed by atoms with E-state index in [2.05, 4.69) is 0 Å². The van der Waals surface area contributed by atoms with E-state index in [0.29, 0.717) is 29.7 Å². The first kappa shape index (κ1) is 12.3. The Morgan fingerprint density at radius 2 is 1.94 bits per heavy atom. The lowest BCUT2D eigenvalue weighted by Gasteiger charge is -2.09. The molecule has 0 aliphatic heterocycles. The van der Waals surface area contributed by atoms with E-state index in [4.69, 9.17) is 5.11 Å². The minimum atomic E-state index is -0.0405. The van der Waals surface area contributed by atoms with Crippen molar-refractivity contribution in [2.45, 2.75) is 26.7 Å². The van der Waals surface area contributed by atoms with E-state index < -0.39 is 0 Å². The van der Waals surface area contributed by atoms with Gasteiger partial charge in [-0.2, -0.15) is 0 Å². The SMILES string of the molecule is C/C(O)=C\C=C(/C)C(=O)C1=CC=C(O)CC1. The van der Waals surface area contributed by atoms with Crippen molar-refractivity contribution in [1.82, 2.24) is 0 Å². The molecule has 0 aromatic carbocycles. The maximum Gasteiger partial charge on any atom is 0.184 e. The van der Waals surface area contributed by atoms with Gasteiger partial charge in [0.2, 0.25) is 0 Å². The molecule has 0 saturated heterocycles. The van der Waals surface area contributed by atoms with Crippen molar-refractivity contribution >= 4 is 5.78 Å². The Morgan fingerprint density at radius 1 is 1.25 bits per heavy atom. The summed E-state index contributed by atoms with van der Waals surface area (Å²) in [5, 5.41) is 18.1. The third-order valence-electron chi connectivity index (χ3n) is 2.35. The summed E-state index contributed by atoms with van der Waals surface area (Å²) in [7, 11) is 0. The van der Waals surface area contributed by atoms with Gasteiger partial charge in [0.05, 0.1) is 11.5 Å². The summed E-state index contributed by atoms with van der Waals surface area (Å²) in [6, 6.07) is 0. The van der Waals surface area contributed by atoms with E-state index in [9.17, 15) is 9.90 Å². The number of aliphatic hydroxyl groups excluding tert-OH is 2. The number of hydrogen-bond donors (Lipinski definition) is 2. The number of allylic oxidation sites excluding steroid dienone is 8. The van der Waals surface area contributed by atoms with Gasteiger partial charge in [0.25, 0.3) is 0 Å². The fourth-order valence-corrected chi connectivity index (χ4v) is 1.39. The third-order valence-corrected chi connectivity index (χ3v) is 2.35. The molecule has 1 rings (SSSR count). The highest BCUT2D eigenvalue weighted by Gasteiger charge is 2.13. The zero-order valence-electron chi connectivity index (χ0n) is 9.53. The predicted molar refractivity (Wildman–Crippen MR) is 63.2 cm³/mol. The van der Waals surface area contributed by atoms with Gasteiger partial charge in [-0.25, -0.2) is 0 Å². The fourth-order valence-electron chi connectivity index (χ4n) is 1.39. The highest BCUT2D eigenvalue weighted by Crippen LogP contribution is 2.19. The van der Waals surface area contributed by atoms with E-state index in [1.54, 1.807) is 32.1 Å². The number of ketones is 1. The highest BCUT2D eigenvalue weighted by molar-refractivity contribution is 6.08. The van der Waals surface area contributed by atoms with Crippen molar-refractivity contribution in [3.8, 4) is 0 Å². The molecule has 0 spiro atoms. The van der Waals surface area contributed by atoms with Gasteiger partial charge in [-0.05, 0) is 38.0 Å². The number of rotatable bonds is 3. The van der Waals surface area contributed by atoms with Crippen LogP contribution >= 0.6 is 0 Å². The summed E-state index contributed by atoms with van der Waals surface area (Å²) in [4.78, 5) is 11.9. The van der Waals surface area contributed by atoms with Gasteiger partial charge < -0.3 is 10.2 Å². The molecule has 0 fully saturated rings. The molecule has 3 heteroatoms. The van der Waals surface area contributed by atoms with Gasteiger partial charge in [-0.3, -0.25) is 4.79 Å². The normalized spacial score (nSPS) is 17.9. The average Bonchev–Trinajstić information content (AvgIpc) is 2.26. The molecule has 0 amide bonds. The Kier molecular flexibility index (Phi) is 4.11. The molecule has 1 aliphatic rings. The molecule has 2 N–H and O–H groups in total. The Bertz CT molecular complexity index is 405. The van der Waals surface area contributed by atoms with E-state index in [0.717, 1.165) is 0 Å². The van der Waals surface area contributed by atoms with E-state index in [-0.39, 0.29) is 11.5 Å². The topological polar surface area (TPSA) is 57.5 Å².